The topological polar surface area (TPSA) is 26.3 Å². The molecule has 0 amide bonds. The van der Waals surface area contributed by atoms with Crippen LogP contribution in [-0.4, -0.2) is 5.97 Å². The van der Waals surface area contributed by atoms with E-state index in [4.69, 9.17) is 4.74 Å². The minimum Gasteiger partial charge on any atom is -0.457 e. The molecule has 3 rings (SSSR count). The second-order valence-corrected chi connectivity index (χ2v) is 6.47. The summed E-state index contributed by atoms with van der Waals surface area (Å²) in [7, 11) is 0. The van der Waals surface area contributed by atoms with Gasteiger partial charge in [0, 0.05) is 12.0 Å². The van der Waals surface area contributed by atoms with Gasteiger partial charge in [0.15, 0.2) is 0 Å². The highest BCUT2D eigenvalue weighted by molar-refractivity contribution is 9.10. The fourth-order valence-corrected chi connectivity index (χ4v) is 2.93. The van der Waals surface area contributed by atoms with E-state index in [1.807, 2.05) is 60.7 Å². The van der Waals surface area contributed by atoms with Crippen LogP contribution in [0, 0.1) is 5.82 Å². The molecule has 3 aromatic carbocycles. The summed E-state index contributed by atoms with van der Waals surface area (Å²) >= 11 is 3.19. The van der Waals surface area contributed by atoms with Gasteiger partial charge in [0.1, 0.15) is 12.4 Å². The Balaban J connectivity index is 1.85. The number of hydrogen-bond donors (Lipinski definition) is 0. The van der Waals surface area contributed by atoms with Gasteiger partial charge < -0.3 is 4.74 Å². The van der Waals surface area contributed by atoms with Crippen molar-refractivity contribution >= 4 is 21.9 Å². The van der Waals surface area contributed by atoms with Crippen LogP contribution in [-0.2, 0) is 17.8 Å². The molecule has 0 N–H and O–H groups in total. The van der Waals surface area contributed by atoms with Crippen molar-refractivity contribution in [3.8, 4) is 0 Å². The lowest BCUT2D eigenvalue weighted by molar-refractivity contribution is 0.0471. The number of rotatable bonds is 5. The predicted molar refractivity (Wildman–Crippen MR) is 98.9 cm³/mol. The van der Waals surface area contributed by atoms with E-state index in [0.29, 0.717) is 16.5 Å². The normalized spacial score (nSPS) is 10.5. The van der Waals surface area contributed by atoms with Gasteiger partial charge >= 0.3 is 5.97 Å². The first kappa shape index (κ1) is 17.4. The van der Waals surface area contributed by atoms with Crippen LogP contribution in [0.1, 0.15) is 27.0 Å². The summed E-state index contributed by atoms with van der Waals surface area (Å²) in [5.74, 6) is -0.959. The highest BCUT2D eigenvalue weighted by atomic mass is 79.9. The Kier molecular flexibility index (Phi) is 5.61. The average molecular weight is 399 g/mol. The van der Waals surface area contributed by atoms with Crippen LogP contribution in [0.2, 0.25) is 0 Å². The number of halogens is 2. The number of hydrogen-bond acceptors (Lipinski definition) is 2. The van der Waals surface area contributed by atoms with Crippen molar-refractivity contribution in [2.24, 2.45) is 0 Å². The Bertz CT molecular complexity index is 864. The van der Waals surface area contributed by atoms with Gasteiger partial charge in [0.25, 0.3) is 0 Å². The third-order valence-corrected chi connectivity index (χ3v) is 4.46. The van der Waals surface area contributed by atoms with Crippen molar-refractivity contribution in [2.45, 2.75) is 13.0 Å². The van der Waals surface area contributed by atoms with Crippen molar-refractivity contribution in [3.05, 3.63) is 105 Å². The van der Waals surface area contributed by atoms with Crippen molar-refractivity contribution in [1.82, 2.24) is 0 Å². The minimum atomic E-state index is -0.527. The van der Waals surface area contributed by atoms with E-state index >= 15 is 0 Å². The molecule has 0 aliphatic rings. The highest BCUT2D eigenvalue weighted by Gasteiger charge is 2.19. The molecule has 0 bridgehead atoms. The largest absolute Gasteiger partial charge is 0.457 e. The SMILES string of the molecule is O=C(OCc1ccccc1)c1ccc(Br)c(F)c1Cc1ccccc1. The summed E-state index contributed by atoms with van der Waals surface area (Å²) in [6, 6.07) is 22.0. The van der Waals surface area contributed by atoms with Gasteiger partial charge in [-0.25, -0.2) is 9.18 Å². The smallest absolute Gasteiger partial charge is 0.338 e. The zero-order valence-corrected chi connectivity index (χ0v) is 15.0. The molecule has 25 heavy (non-hydrogen) atoms. The van der Waals surface area contributed by atoms with E-state index in [9.17, 15) is 9.18 Å². The standard InChI is InChI=1S/C21H16BrFO2/c22-19-12-11-17(21(24)25-14-16-9-5-2-6-10-16)18(20(19)23)13-15-7-3-1-4-8-15/h1-12H,13-14H2. The Morgan fingerprint density at radius 2 is 1.48 bits per heavy atom. The van der Waals surface area contributed by atoms with Gasteiger partial charge in [0.2, 0.25) is 0 Å². The van der Waals surface area contributed by atoms with Gasteiger partial charge in [-0.05, 0) is 39.2 Å². The third-order valence-electron chi connectivity index (χ3n) is 3.85. The molecule has 0 aromatic heterocycles. The van der Waals surface area contributed by atoms with Crippen molar-refractivity contribution in [2.75, 3.05) is 0 Å². The first-order valence-corrected chi connectivity index (χ1v) is 8.66. The molecule has 0 saturated carbocycles. The molecule has 0 atom stereocenters. The summed E-state index contributed by atoms with van der Waals surface area (Å²) in [6.45, 7) is 0.155. The van der Waals surface area contributed by atoms with Crippen molar-refractivity contribution in [3.63, 3.8) is 0 Å². The van der Waals surface area contributed by atoms with Crippen LogP contribution in [0.15, 0.2) is 77.3 Å². The van der Waals surface area contributed by atoms with E-state index in [1.165, 1.54) is 6.07 Å². The fourth-order valence-electron chi connectivity index (χ4n) is 2.56. The van der Waals surface area contributed by atoms with E-state index in [1.54, 1.807) is 6.07 Å². The fraction of sp³-hybridized carbons (Fsp3) is 0.0952. The first-order valence-electron chi connectivity index (χ1n) is 7.87. The summed E-state index contributed by atoms with van der Waals surface area (Å²) in [4.78, 5) is 12.5. The van der Waals surface area contributed by atoms with E-state index < -0.39 is 11.8 Å². The maximum atomic E-state index is 14.6. The molecule has 4 heteroatoms. The van der Waals surface area contributed by atoms with E-state index in [0.717, 1.165) is 11.1 Å². The zero-order chi connectivity index (χ0) is 17.6. The van der Waals surface area contributed by atoms with Gasteiger partial charge in [-0.15, -0.1) is 0 Å². The predicted octanol–water partition coefficient (Wildman–Crippen LogP) is 5.54. The van der Waals surface area contributed by atoms with Crippen LogP contribution in [0.3, 0.4) is 0 Å². The third kappa shape index (κ3) is 4.34. The quantitative estimate of drug-likeness (QED) is 0.527. The molecular weight excluding hydrogens is 383 g/mol. The number of ether oxygens (including phenoxy) is 1. The monoisotopic (exact) mass is 398 g/mol. The summed E-state index contributed by atoms with van der Waals surface area (Å²) in [5.41, 5.74) is 2.40. The maximum Gasteiger partial charge on any atom is 0.338 e. The van der Waals surface area contributed by atoms with Crippen LogP contribution in [0.4, 0.5) is 4.39 Å². The second-order valence-electron chi connectivity index (χ2n) is 5.61. The van der Waals surface area contributed by atoms with Crippen molar-refractivity contribution in [1.29, 1.82) is 0 Å². The van der Waals surface area contributed by atoms with Gasteiger partial charge in [0.05, 0.1) is 10.0 Å². The summed E-state index contributed by atoms with van der Waals surface area (Å²) < 4.78 is 20.3. The lowest BCUT2D eigenvalue weighted by Crippen LogP contribution is -2.11. The highest BCUT2D eigenvalue weighted by Crippen LogP contribution is 2.25. The molecule has 3 aromatic rings. The zero-order valence-electron chi connectivity index (χ0n) is 13.4. The number of carbonyl (C=O) groups excluding carboxylic acids is 1. The molecule has 0 aliphatic heterocycles. The maximum absolute atomic E-state index is 14.6. The number of esters is 1. The van der Waals surface area contributed by atoms with Crippen LogP contribution in [0.25, 0.3) is 0 Å². The molecule has 0 unspecified atom stereocenters. The Morgan fingerprint density at radius 3 is 2.12 bits per heavy atom. The molecule has 2 nitrogen and oxygen atoms in total. The Morgan fingerprint density at radius 1 is 0.880 bits per heavy atom. The lowest BCUT2D eigenvalue weighted by Gasteiger charge is -2.12. The van der Waals surface area contributed by atoms with Gasteiger partial charge in [-0.2, -0.15) is 0 Å². The minimum absolute atomic E-state index is 0.155. The van der Waals surface area contributed by atoms with Gasteiger partial charge in [-0.1, -0.05) is 60.7 Å². The number of carbonyl (C=O) groups is 1. The first-order chi connectivity index (χ1) is 12.1. The van der Waals surface area contributed by atoms with Crippen LogP contribution >= 0.6 is 15.9 Å². The van der Waals surface area contributed by atoms with E-state index in [2.05, 4.69) is 15.9 Å². The summed E-state index contributed by atoms with van der Waals surface area (Å²) in [5, 5.41) is 0. The molecule has 0 spiro atoms. The van der Waals surface area contributed by atoms with Crippen LogP contribution < -0.4 is 0 Å². The second kappa shape index (κ2) is 8.08. The Labute approximate surface area is 154 Å². The van der Waals surface area contributed by atoms with Crippen LogP contribution in [0.5, 0.6) is 0 Å². The molecule has 0 heterocycles. The molecule has 0 radical (unpaired) electrons. The van der Waals surface area contributed by atoms with E-state index in [-0.39, 0.29) is 12.2 Å². The molecule has 126 valence electrons. The number of benzene rings is 3. The average Bonchev–Trinajstić information content (AvgIpc) is 2.65. The molecule has 0 aliphatic carbocycles. The molecule has 0 fully saturated rings. The molecular formula is C21H16BrFO2. The summed E-state index contributed by atoms with van der Waals surface area (Å²) in [6.07, 6.45) is 0.321. The Hall–Kier alpha value is -2.46. The lowest BCUT2D eigenvalue weighted by atomic mass is 9.99. The van der Waals surface area contributed by atoms with Crippen molar-refractivity contribution < 1.29 is 13.9 Å². The van der Waals surface area contributed by atoms with Gasteiger partial charge in [-0.3, -0.25) is 0 Å². The molecule has 0 saturated heterocycles.